The van der Waals surface area contributed by atoms with Crippen LogP contribution in [0.25, 0.3) is 0 Å². The molecule has 1 atom stereocenters. The molecule has 152 valence electrons. The van der Waals surface area contributed by atoms with Gasteiger partial charge in [-0.15, -0.1) is 10.2 Å². The van der Waals surface area contributed by atoms with Gasteiger partial charge in [0.1, 0.15) is 0 Å². The molecule has 1 amide bonds. The highest BCUT2D eigenvalue weighted by molar-refractivity contribution is 7.98. The second kappa shape index (κ2) is 9.65. The molecule has 0 unspecified atom stereocenters. The first kappa shape index (κ1) is 21.7. The van der Waals surface area contributed by atoms with Crippen molar-refractivity contribution >= 4 is 40.9 Å². The summed E-state index contributed by atoms with van der Waals surface area (Å²) in [6.07, 6.45) is 0. The number of hydrogen-bond acceptors (Lipinski definition) is 4. The maximum absolute atomic E-state index is 12.5. The van der Waals surface area contributed by atoms with Gasteiger partial charge in [-0.1, -0.05) is 58.7 Å². The first-order valence-corrected chi connectivity index (χ1v) is 11.0. The van der Waals surface area contributed by atoms with Gasteiger partial charge in [-0.05, 0) is 50.6 Å². The molecule has 8 heteroatoms. The Morgan fingerprint density at radius 2 is 1.86 bits per heavy atom. The molecule has 0 aliphatic carbocycles. The predicted molar refractivity (Wildman–Crippen MR) is 119 cm³/mol. The fourth-order valence-electron chi connectivity index (χ4n) is 2.85. The van der Waals surface area contributed by atoms with Crippen molar-refractivity contribution in [1.29, 1.82) is 0 Å². The van der Waals surface area contributed by atoms with E-state index in [2.05, 4.69) is 15.5 Å². The standard InChI is InChI=1S/C21H22Cl2N4OS/c1-4-27-19(14(3)24-20(28)16-8-5-13(2)6-9-16)25-26-21(27)29-12-15-7-10-17(22)18(23)11-15/h5-11,14H,4,12H2,1-3H3,(H,24,28)/t14-/m0/s1. The van der Waals surface area contributed by atoms with Crippen molar-refractivity contribution in [3.8, 4) is 0 Å². The van der Waals surface area contributed by atoms with Crippen molar-refractivity contribution < 1.29 is 4.79 Å². The number of thioether (sulfide) groups is 1. The van der Waals surface area contributed by atoms with Crippen LogP contribution in [0, 0.1) is 6.92 Å². The SMILES string of the molecule is CCn1c(SCc2ccc(Cl)c(Cl)c2)nnc1[C@H](C)NC(=O)c1ccc(C)cc1. The summed E-state index contributed by atoms with van der Waals surface area (Å²) in [5.74, 6) is 1.29. The summed E-state index contributed by atoms with van der Waals surface area (Å²) in [4.78, 5) is 12.5. The Morgan fingerprint density at radius 3 is 2.52 bits per heavy atom. The van der Waals surface area contributed by atoms with E-state index in [9.17, 15) is 4.79 Å². The lowest BCUT2D eigenvalue weighted by molar-refractivity contribution is 0.0937. The van der Waals surface area contributed by atoms with E-state index in [1.807, 2.05) is 61.7 Å². The third-order valence-corrected chi connectivity index (χ3v) is 6.24. The van der Waals surface area contributed by atoms with Crippen LogP contribution >= 0.6 is 35.0 Å². The fraction of sp³-hybridized carbons (Fsp3) is 0.286. The molecule has 0 fully saturated rings. The largest absolute Gasteiger partial charge is 0.342 e. The lowest BCUT2D eigenvalue weighted by atomic mass is 10.1. The lowest BCUT2D eigenvalue weighted by Gasteiger charge is -2.15. The minimum absolute atomic E-state index is 0.131. The second-order valence-electron chi connectivity index (χ2n) is 6.68. The maximum Gasteiger partial charge on any atom is 0.251 e. The quantitative estimate of drug-likeness (QED) is 0.471. The Balaban J connectivity index is 1.69. The van der Waals surface area contributed by atoms with Crippen LogP contribution in [0.1, 0.15) is 47.2 Å². The maximum atomic E-state index is 12.5. The van der Waals surface area contributed by atoms with Gasteiger partial charge in [0.15, 0.2) is 11.0 Å². The third-order valence-electron chi connectivity index (χ3n) is 4.46. The molecular formula is C21H22Cl2N4OS. The Morgan fingerprint density at radius 1 is 1.14 bits per heavy atom. The number of halogens is 2. The Labute approximate surface area is 184 Å². The molecule has 1 N–H and O–H groups in total. The van der Waals surface area contributed by atoms with E-state index in [4.69, 9.17) is 23.2 Å². The third kappa shape index (κ3) is 5.32. The zero-order chi connectivity index (χ0) is 21.0. The molecule has 0 saturated heterocycles. The van der Waals surface area contributed by atoms with Crippen molar-refractivity contribution in [3.63, 3.8) is 0 Å². The second-order valence-corrected chi connectivity index (χ2v) is 8.44. The summed E-state index contributed by atoms with van der Waals surface area (Å²) < 4.78 is 2.02. The first-order chi connectivity index (χ1) is 13.9. The smallest absolute Gasteiger partial charge is 0.251 e. The summed E-state index contributed by atoms with van der Waals surface area (Å²) in [6, 6.07) is 12.8. The van der Waals surface area contributed by atoms with Gasteiger partial charge in [-0.2, -0.15) is 0 Å². The molecule has 2 aromatic carbocycles. The number of amides is 1. The number of carbonyl (C=O) groups excluding carboxylic acids is 1. The number of rotatable bonds is 7. The molecule has 0 aliphatic heterocycles. The Hall–Kier alpha value is -2.02. The normalized spacial score (nSPS) is 12.0. The van der Waals surface area contributed by atoms with Crippen LogP contribution in [0.2, 0.25) is 10.0 Å². The zero-order valence-electron chi connectivity index (χ0n) is 16.4. The van der Waals surface area contributed by atoms with Crippen LogP contribution in [0.15, 0.2) is 47.6 Å². The topological polar surface area (TPSA) is 59.8 Å². The summed E-state index contributed by atoms with van der Waals surface area (Å²) >= 11 is 13.6. The van der Waals surface area contributed by atoms with E-state index in [0.717, 1.165) is 22.1 Å². The van der Waals surface area contributed by atoms with Gasteiger partial charge >= 0.3 is 0 Å². The average molecular weight is 449 g/mol. The molecule has 0 bridgehead atoms. The number of aryl methyl sites for hydroxylation is 1. The van der Waals surface area contributed by atoms with Crippen LogP contribution in [0.3, 0.4) is 0 Å². The van der Waals surface area contributed by atoms with Gasteiger partial charge in [0.05, 0.1) is 16.1 Å². The molecule has 0 radical (unpaired) electrons. The molecule has 0 aliphatic rings. The minimum Gasteiger partial charge on any atom is -0.342 e. The molecule has 0 spiro atoms. The highest BCUT2D eigenvalue weighted by Crippen LogP contribution is 2.28. The first-order valence-electron chi connectivity index (χ1n) is 9.26. The van der Waals surface area contributed by atoms with Crippen LogP contribution < -0.4 is 5.32 Å². The number of nitrogens with zero attached hydrogens (tertiary/aromatic N) is 3. The molecule has 5 nitrogen and oxygen atoms in total. The van der Waals surface area contributed by atoms with Gasteiger partial charge in [0.25, 0.3) is 5.91 Å². The van der Waals surface area contributed by atoms with Crippen LogP contribution in [0.5, 0.6) is 0 Å². The summed E-state index contributed by atoms with van der Waals surface area (Å²) in [5.41, 5.74) is 2.79. The van der Waals surface area contributed by atoms with Crippen LogP contribution in [-0.4, -0.2) is 20.7 Å². The van der Waals surface area contributed by atoms with Gasteiger partial charge in [0, 0.05) is 17.9 Å². The Bertz CT molecular complexity index is 1000. The molecular weight excluding hydrogens is 427 g/mol. The summed E-state index contributed by atoms with van der Waals surface area (Å²) in [7, 11) is 0. The van der Waals surface area contributed by atoms with Gasteiger partial charge in [0.2, 0.25) is 0 Å². The van der Waals surface area contributed by atoms with Crippen molar-refractivity contribution in [3.05, 3.63) is 75.0 Å². The van der Waals surface area contributed by atoms with Crippen molar-refractivity contribution in [2.75, 3.05) is 0 Å². The van der Waals surface area contributed by atoms with E-state index in [0.29, 0.717) is 27.9 Å². The van der Waals surface area contributed by atoms with E-state index in [1.54, 1.807) is 17.8 Å². The molecule has 3 rings (SSSR count). The van der Waals surface area contributed by atoms with Gasteiger partial charge in [-0.3, -0.25) is 4.79 Å². The predicted octanol–water partition coefficient (Wildman–Crippen LogP) is 5.70. The van der Waals surface area contributed by atoms with E-state index < -0.39 is 0 Å². The average Bonchev–Trinajstić information content (AvgIpc) is 3.12. The molecule has 29 heavy (non-hydrogen) atoms. The summed E-state index contributed by atoms with van der Waals surface area (Å²) in [5, 5.41) is 13.5. The lowest BCUT2D eigenvalue weighted by Crippen LogP contribution is -2.28. The van der Waals surface area contributed by atoms with Crippen molar-refractivity contribution in [1.82, 2.24) is 20.1 Å². The van der Waals surface area contributed by atoms with E-state index >= 15 is 0 Å². The van der Waals surface area contributed by atoms with Gasteiger partial charge in [-0.25, -0.2) is 0 Å². The molecule has 1 heterocycles. The Kier molecular flexibility index (Phi) is 7.22. The number of hydrogen-bond donors (Lipinski definition) is 1. The molecule has 3 aromatic rings. The number of benzene rings is 2. The van der Waals surface area contributed by atoms with E-state index in [1.165, 1.54) is 0 Å². The highest BCUT2D eigenvalue weighted by atomic mass is 35.5. The van der Waals surface area contributed by atoms with E-state index in [-0.39, 0.29) is 11.9 Å². The van der Waals surface area contributed by atoms with Crippen molar-refractivity contribution in [2.45, 2.75) is 44.3 Å². The number of aromatic nitrogens is 3. The number of carbonyl (C=O) groups is 1. The van der Waals surface area contributed by atoms with Gasteiger partial charge < -0.3 is 9.88 Å². The summed E-state index contributed by atoms with van der Waals surface area (Å²) in [6.45, 7) is 6.64. The monoisotopic (exact) mass is 448 g/mol. The zero-order valence-corrected chi connectivity index (χ0v) is 18.8. The number of nitrogens with one attached hydrogen (secondary N) is 1. The van der Waals surface area contributed by atoms with Crippen molar-refractivity contribution in [2.24, 2.45) is 0 Å². The minimum atomic E-state index is -0.268. The highest BCUT2D eigenvalue weighted by Gasteiger charge is 2.19. The van der Waals surface area contributed by atoms with Crippen LogP contribution in [0.4, 0.5) is 0 Å². The van der Waals surface area contributed by atoms with Crippen LogP contribution in [-0.2, 0) is 12.3 Å². The molecule has 0 saturated carbocycles. The molecule has 1 aromatic heterocycles. The fourth-order valence-corrected chi connectivity index (χ4v) is 4.12.